The molecule has 0 saturated carbocycles. The molecule has 0 bridgehead atoms. The first kappa shape index (κ1) is 14.7. The molecule has 2 aromatic rings. The summed E-state index contributed by atoms with van der Waals surface area (Å²) < 4.78 is 14.9. The second-order valence-corrected chi connectivity index (χ2v) is 4.56. The van der Waals surface area contributed by atoms with Gasteiger partial charge in [0.15, 0.2) is 5.69 Å². The van der Waals surface area contributed by atoms with Gasteiger partial charge in [-0.15, -0.1) is 0 Å². The molecule has 0 aliphatic rings. The Kier molecular flexibility index (Phi) is 4.02. The molecule has 2 rings (SSSR count). The Morgan fingerprint density at radius 3 is 2.62 bits per heavy atom. The predicted molar refractivity (Wildman–Crippen MR) is 75.7 cm³/mol. The normalized spacial score (nSPS) is 10.3. The summed E-state index contributed by atoms with van der Waals surface area (Å²) in [6.07, 6.45) is 1.51. The predicted octanol–water partition coefficient (Wildman–Crippen LogP) is 1.48. The van der Waals surface area contributed by atoms with E-state index in [4.69, 9.17) is 0 Å². The van der Waals surface area contributed by atoms with Crippen molar-refractivity contribution in [2.24, 2.45) is 7.05 Å². The van der Waals surface area contributed by atoms with Crippen LogP contribution in [0.5, 0.6) is 0 Å². The number of aromatic nitrogens is 2. The quantitative estimate of drug-likeness (QED) is 0.899. The third-order valence-corrected chi connectivity index (χ3v) is 2.95. The highest BCUT2D eigenvalue weighted by atomic mass is 19.1. The number of carbonyl (C=O) groups is 2. The van der Waals surface area contributed by atoms with E-state index >= 15 is 0 Å². The number of nitrogens with one attached hydrogen (secondary N) is 2. The van der Waals surface area contributed by atoms with Gasteiger partial charge in [0.05, 0.1) is 5.69 Å². The maximum absolute atomic E-state index is 13.5. The average Bonchev–Trinajstić information content (AvgIpc) is 2.81. The van der Waals surface area contributed by atoms with E-state index in [9.17, 15) is 14.0 Å². The number of benzene rings is 1. The lowest BCUT2D eigenvalue weighted by atomic mass is 10.1. The highest BCUT2D eigenvalue weighted by Gasteiger charge is 2.17. The Bertz CT molecular complexity index is 709. The van der Waals surface area contributed by atoms with Crippen molar-refractivity contribution >= 4 is 17.5 Å². The molecule has 21 heavy (non-hydrogen) atoms. The molecule has 2 amide bonds. The van der Waals surface area contributed by atoms with Gasteiger partial charge >= 0.3 is 0 Å². The van der Waals surface area contributed by atoms with E-state index in [1.807, 2.05) is 0 Å². The molecule has 0 fully saturated rings. The lowest BCUT2D eigenvalue weighted by Gasteiger charge is -2.05. The number of amides is 2. The summed E-state index contributed by atoms with van der Waals surface area (Å²) in [5, 5.41) is 8.97. The smallest absolute Gasteiger partial charge is 0.273 e. The van der Waals surface area contributed by atoms with E-state index in [1.165, 1.54) is 30.1 Å². The third kappa shape index (κ3) is 3.07. The van der Waals surface area contributed by atoms with Crippen molar-refractivity contribution in [2.75, 3.05) is 12.4 Å². The van der Waals surface area contributed by atoms with Crippen molar-refractivity contribution in [2.45, 2.75) is 6.92 Å². The highest BCUT2D eigenvalue weighted by molar-refractivity contribution is 6.08. The SMILES string of the molecule is CNC(=O)c1nn(C)cc1NC(=O)c1ccc(C)c(F)c1. The molecular formula is C14H15FN4O2. The summed E-state index contributed by atoms with van der Waals surface area (Å²) in [4.78, 5) is 23.8. The molecule has 110 valence electrons. The first-order valence-corrected chi connectivity index (χ1v) is 6.25. The first-order valence-electron chi connectivity index (χ1n) is 6.25. The lowest BCUT2D eigenvalue weighted by molar-refractivity contribution is 0.0958. The number of halogens is 1. The maximum atomic E-state index is 13.5. The van der Waals surface area contributed by atoms with Crippen LogP contribution in [0.25, 0.3) is 0 Å². The van der Waals surface area contributed by atoms with Crippen molar-refractivity contribution < 1.29 is 14.0 Å². The Morgan fingerprint density at radius 1 is 1.29 bits per heavy atom. The fourth-order valence-electron chi connectivity index (χ4n) is 1.79. The van der Waals surface area contributed by atoms with Gasteiger partial charge in [-0.05, 0) is 24.6 Å². The van der Waals surface area contributed by atoms with Crippen LogP contribution in [0.4, 0.5) is 10.1 Å². The summed E-state index contributed by atoms with van der Waals surface area (Å²) in [7, 11) is 3.10. The molecule has 0 spiro atoms. The molecule has 0 atom stereocenters. The molecular weight excluding hydrogens is 275 g/mol. The minimum Gasteiger partial charge on any atom is -0.354 e. The highest BCUT2D eigenvalue weighted by Crippen LogP contribution is 2.16. The van der Waals surface area contributed by atoms with E-state index in [2.05, 4.69) is 15.7 Å². The summed E-state index contributed by atoms with van der Waals surface area (Å²) in [6.45, 7) is 1.61. The van der Waals surface area contributed by atoms with Crippen LogP contribution in [0.15, 0.2) is 24.4 Å². The van der Waals surface area contributed by atoms with Crippen molar-refractivity contribution in [3.05, 3.63) is 47.0 Å². The van der Waals surface area contributed by atoms with Gasteiger partial charge in [0.25, 0.3) is 11.8 Å². The van der Waals surface area contributed by atoms with Gasteiger partial charge < -0.3 is 10.6 Å². The standard InChI is InChI=1S/C14H15FN4O2/c1-8-4-5-9(6-10(8)15)13(20)17-11-7-19(3)18-12(11)14(21)16-2/h4-7H,1-3H3,(H,16,21)(H,17,20). The minimum absolute atomic E-state index is 0.0981. The number of carbonyl (C=O) groups excluding carboxylic acids is 2. The van der Waals surface area contributed by atoms with E-state index in [0.29, 0.717) is 5.56 Å². The zero-order valence-corrected chi connectivity index (χ0v) is 11.9. The molecule has 1 aromatic heterocycles. The minimum atomic E-state index is -0.507. The molecule has 0 unspecified atom stereocenters. The number of nitrogens with zero attached hydrogens (tertiary/aromatic N) is 2. The van der Waals surface area contributed by atoms with Crippen LogP contribution in [-0.4, -0.2) is 28.6 Å². The molecule has 0 radical (unpaired) electrons. The van der Waals surface area contributed by atoms with Crippen LogP contribution >= 0.6 is 0 Å². The summed E-state index contributed by atoms with van der Waals surface area (Å²) in [5.41, 5.74) is 0.993. The lowest BCUT2D eigenvalue weighted by Crippen LogP contribution is -2.21. The van der Waals surface area contributed by atoms with Crippen LogP contribution in [-0.2, 0) is 7.05 Å². The Morgan fingerprint density at radius 2 is 2.00 bits per heavy atom. The zero-order chi connectivity index (χ0) is 15.6. The molecule has 1 heterocycles. The Hall–Kier alpha value is -2.70. The van der Waals surface area contributed by atoms with Crippen molar-refractivity contribution in [1.82, 2.24) is 15.1 Å². The largest absolute Gasteiger partial charge is 0.354 e. The van der Waals surface area contributed by atoms with E-state index in [1.54, 1.807) is 14.0 Å². The molecule has 2 N–H and O–H groups in total. The number of hydrogen-bond acceptors (Lipinski definition) is 3. The monoisotopic (exact) mass is 290 g/mol. The number of aryl methyl sites for hydroxylation is 2. The van der Waals surface area contributed by atoms with Crippen LogP contribution < -0.4 is 10.6 Å². The van der Waals surface area contributed by atoms with E-state index < -0.39 is 17.6 Å². The topological polar surface area (TPSA) is 76.0 Å². The molecule has 6 nitrogen and oxygen atoms in total. The zero-order valence-electron chi connectivity index (χ0n) is 11.9. The van der Waals surface area contributed by atoms with Gasteiger partial charge in [-0.2, -0.15) is 5.10 Å². The average molecular weight is 290 g/mol. The van der Waals surface area contributed by atoms with E-state index in [-0.39, 0.29) is 16.9 Å². The first-order chi connectivity index (χ1) is 9.92. The van der Waals surface area contributed by atoms with Gasteiger partial charge in [0, 0.05) is 25.9 Å². The summed E-state index contributed by atoms with van der Waals surface area (Å²) in [5.74, 6) is -1.38. The van der Waals surface area contributed by atoms with Gasteiger partial charge in [-0.1, -0.05) is 6.07 Å². The fraction of sp³-hybridized carbons (Fsp3) is 0.214. The Labute approximate surface area is 121 Å². The van der Waals surface area contributed by atoms with Crippen LogP contribution in [0, 0.1) is 12.7 Å². The third-order valence-electron chi connectivity index (χ3n) is 2.95. The Balaban J connectivity index is 2.27. The molecule has 0 aliphatic heterocycles. The number of anilines is 1. The fourth-order valence-corrected chi connectivity index (χ4v) is 1.79. The van der Waals surface area contributed by atoms with Gasteiger partial charge in [0.1, 0.15) is 5.82 Å². The van der Waals surface area contributed by atoms with Gasteiger partial charge in [0.2, 0.25) is 0 Å². The number of hydrogen-bond donors (Lipinski definition) is 2. The van der Waals surface area contributed by atoms with Crippen molar-refractivity contribution in [3.63, 3.8) is 0 Å². The van der Waals surface area contributed by atoms with E-state index in [0.717, 1.165) is 6.07 Å². The molecule has 0 saturated heterocycles. The summed E-state index contributed by atoms with van der Waals surface area (Å²) in [6, 6.07) is 4.19. The maximum Gasteiger partial charge on any atom is 0.273 e. The number of rotatable bonds is 3. The van der Waals surface area contributed by atoms with Crippen molar-refractivity contribution in [3.8, 4) is 0 Å². The molecule has 0 aliphatic carbocycles. The van der Waals surface area contributed by atoms with Crippen LogP contribution in [0.2, 0.25) is 0 Å². The van der Waals surface area contributed by atoms with Crippen molar-refractivity contribution in [1.29, 1.82) is 0 Å². The molecule has 7 heteroatoms. The van der Waals surface area contributed by atoms with Crippen LogP contribution in [0.1, 0.15) is 26.4 Å². The van der Waals surface area contributed by atoms with Gasteiger partial charge in [-0.25, -0.2) is 4.39 Å². The molecule has 1 aromatic carbocycles. The van der Waals surface area contributed by atoms with Crippen LogP contribution in [0.3, 0.4) is 0 Å². The second-order valence-electron chi connectivity index (χ2n) is 4.56. The summed E-state index contributed by atoms with van der Waals surface area (Å²) >= 11 is 0. The second kappa shape index (κ2) is 5.74. The van der Waals surface area contributed by atoms with Gasteiger partial charge in [-0.3, -0.25) is 14.3 Å².